The quantitative estimate of drug-likeness (QED) is 0.196. The van der Waals surface area contributed by atoms with E-state index in [-0.39, 0.29) is 27.9 Å². The minimum atomic E-state index is -0.882. The topological polar surface area (TPSA) is 75.7 Å². The molecule has 0 atom stereocenters. The number of hydrogen-bond acceptors (Lipinski definition) is 4. The molecule has 0 unspecified atom stereocenters. The number of fused-ring (bicyclic) bond motifs is 1. The van der Waals surface area contributed by atoms with E-state index in [0.29, 0.717) is 11.3 Å². The third-order valence-corrected chi connectivity index (χ3v) is 7.03. The Labute approximate surface area is 230 Å². The van der Waals surface area contributed by atoms with Crippen LogP contribution >= 0.6 is 39.1 Å². The molecule has 1 fully saturated rings. The molecule has 4 aromatic carbocycles. The van der Waals surface area contributed by atoms with Crippen LogP contribution in [0.2, 0.25) is 10.0 Å². The van der Waals surface area contributed by atoms with Gasteiger partial charge in [0, 0.05) is 10.0 Å². The molecule has 0 radical (unpaired) electrons. The number of barbiturate groups is 1. The number of halogens is 3. The van der Waals surface area contributed by atoms with Crippen LogP contribution in [0.25, 0.3) is 16.8 Å². The number of nitrogens with one attached hydrogen (secondary N) is 1. The zero-order chi connectivity index (χ0) is 26.1. The van der Waals surface area contributed by atoms with Crippen molar-refractivity contribution in [3.63, 3.8) is 0 Å². The summed E-state index contributed by atoms with van der Waals surface area (Å²) in [5, 5.41) is 4.80. The first-order valence-electron chi connectivity index (χ1n) is 11.1. The molecule has 0 saturated carbocycles. The van der Waals surface area contributed by atoms with Gasteiger partial charge in [-0.1, -0.05) is 81.6 Å². The Bertz CT molecular complexity index is 1610. The maximum atomic E-state index is 13.3. The first kappa shape index (κ1) is 25.0. The molecule has 0 aromatic heterocycles. The molecular weight excluding hydrogens is 579 g/mol. The highest BCUT2D eigenvalue weighted by Crippen LogP contribution is 2.31. The number of amides is 4. The Morgan fingerprint density at radius 1 is 0.892 bits per heavy atom. The molecular formula is C28H17BrCl2N2O4. The molecule has 1 aliphatic heterocycles. The Morgan fingerprint density at radius 2 is 1.68 bits per heavy atom. The van der Waals surface area contributed by atoms with Gasteiger partial charge < -0.3 is 4.74 Å². The first-order valence-corrected chi connectivity index (χ1v) is 12.6. The summed E-state index contributed by atoms with van der Waals surface area (Å²) >= 11 is 15.5. The molecule has 1 saturated heterocycles. The van der Waals surface area contributed by atoms with Crippen molar-refractivity contribution >= 4 is 79.5 Å². The zero-order valence-electron chi connectivity index (χ0n) is 19.0. The van der Waals surface area contributed by atoms with Gasteiger partial charge in [-0.05, 0) is 58.8 Å². The van der Waals surface area contributed by atoms with Gasteiger partial charge in [-0.2, -0.15) is 0 Å². The van der Waals surface area contributed by atoms with Crippen LogP contribution < -0.4 is 15.0 Å². The number of anilines is 1. The average molecular weight is 596 g/mol. The number of nitrogens with zero attached hydrogens (tertiary/aromatic N) is 1. The number of imide groups is 2. The smallest absolute Gasteiger partial charge is 0.335 e. The number of carbonyl (C=O) groups is 3. The lowest BCUT2D eigenvalue weighted by Gasteiger charge is -2.26. The minimum absolute atomic E-state index is 0.165. The van der Waals surface area contributed by atoms with Crippen molar-refractivity contribution in [2.24, 2.45) is 0 Å². The van der Waals surface area contributed by atoms with E-state index in [0.717, 1.165) is 25.7 Å². The number of rotatable bonds is 5. The van der Waals surface area contributed by atoms with Gasteiger partial charge in [-0.15, -0.1) is 0 Å². The fourth-order valence-corrected chi connectivity index (χ4v) is 4.68. The van der Waals surface area contributed by atoms with Crippen molar-refractivity contribution in [1.82, 2.24) is 5.32 Å². The molecule has 4 amide bonds. The van der Waals surface area contributed by atoms with E-state index < -0.39 is 17.8 Å². The SMILES string of the molecule is O=C1NC(=O)N(c2ccc(Cl)c(Cl)c2)C(=O)/C1=C/c1cc(Br)ccc1OCc1cccc2ccccc12. The number of benzene rings is 4. The maximum Gasteiger partial charge on any atom is 0.335 e. The van der Waals surface area contributed by atoms with Gasteiger partial charge in [0.15, 0.2) is 0 Å². The number of urea groups is 1. The van der Waals surface area contributed by atoms with Gasteiger partial charge in [-0.3, -0.25) is 14.9 Å². The van der Waals surface area contributed by atoms with Gasteiger partial charge in [-0.25, -0.2) is 9.69 Å². The van der Waals surface area contributed by atoms with Gasteiger partial charge in [0.05, 0.1) is 15.7 Å². The summed E-state index contributed by atoms with van der Waals surface area (Å²) in [4.78, 5) is 39.4. The van der Waals surface area contributed by atoms with Crippen molar-refractivity contribution in [2.45, 2.75) is 6.61 Å². The van der Waals surface area contributed by atoms with Crippen LogP contribution in [0, 0.1) is 0 Å². The molecule has 9 heteroatoms. The zero-order valence-corrected chi connectivity index (χ0v) is 22.1. The molecule has 4 aromatic rings. The summed E-state index contributed by atoms with van der Waals surface area (Å²) in [6, 6.07) is 22.7. The lowest BCUT2D eigenvalue weighted by atomic mass is 10.0. The van der Waals surface area contributed by atoms with E-state index in [9.17, 15) is 14.4 Å². The van der Waals surface area contributed by atoms with Crippen LogP contribution in [-0.4, -0.2) is 17.8 Å². The summed E-state index contributed by atoms with van der Waals surface area (Å²) < 4.78 is 6.86. The second kappa shape index (κ2) is 10.4. The van der Waals surface area contributed by atoms with Crippen molar-refractivity contribution in [3.8, 4) is 5.75 Å². The summed E-state index contributed by atoms with van der Waals surface area (Å²) in [5.41, 5.74) is 1.41. The van der Waals surface area contributed by atoms with E-state index >= 15 is 0 Å². The number of ether oxygens (including phenoxy) is 1. The molecule has 37 heavy (non-hydrogen) atoms. The van der Waals surface area contributed by atoms with Gasteiger partial charge in [0.2, 0.25) is 0 Å². The van der Waals surface area contributed by atoms with E-state index in [2.05, 4.69) is 21.2 Å². The van der Waals surface area contributed by atoms with Crippen LogP contribution in [0.4, 0.5) is 10.5 Å². The normalized spacial score (nSPS) is 14.8. The third kappa shape index (κ3) is 5.11. The van der Waals surface area contributed by atoms with Crippen LogP contribution in [0.15, 0.2) is 88.9 Å². The lowest BCUT2D eigenvalue weighted by molar-refractivity contribution is -0.122. The highest BCUT2D eigenvalue weighted by Gasteiger charge is 2.37. The molecule has 0 aliphatic carbocycles. The molecule has 6 nitrogen and oxygen atoms in total. The van der Waals surface area contributed by atoms with Gasteiger partial charge in [0.25, 0.3) is 11.8 Å². The molecule has 1 aliphatic rings. The molecule has 0 spiro atoms. The molecule has 1 N–H and O–H groups in total. The summed E-state index contributed by atoms with van der Waals surface area (Å²) in [7, 11) is 0. The Balaban J connectivity index is 1.49. The number of hydrogen-bond donors (Lipinski definition) is 1. The Hall–Kier alpha value is -3.65. The van der Waals surface area contributed by atoms with Crippen molar-refractivity contribution in [2.75, 3.05) is 4.90 Å². The van der Waals surface area contributed by atoms with E-state index in [1.54, 1.807) is 18.2 Å². The van der Waals surface area contributed by atoms with E-state index in [1.165, 1.54) is 24.3 Å². The van der Waals surface area contributed by atoms with Crippen LogP contribution in [-0.2, 0) is 16.2 Å². The number of carbonyl (C=O) groups excluding carboxylic acids is 3. The first-order chi connectivity index (χ1) is 17.8. The van der Waals surface area contributed by atoms with E-state index in [1.807, 2.05) is 42.5 Å². The van der Waals surface area contributed by atoms with Crippen molar-refractivity contribution in [1.29, 1.82) is 0 Å². The predicted molar refractivity (Wildman–Crippen MR) is 148 cm³/mol. The van der Waals surface area contributed by atoms with Crippen LogP contribution in [0.1, 0.15) is 11.1 Å². The minimum Gasteiger partial charge on any atom is -0.488 e. The largest absolute Gasteiger partial charge is 0.488 e. The molecule has 184 valence electrons. The summed E-state index contributed by atoms with van der Waals surface area (Å²) in [6.45, 7) is 0.271. The fraction of sp³-hybridized carbons (Fsp3) is 0.0357. The molecule has 0 bridgehead atoms. The van der Waals surface area contributed by atoms with Crippen LogP contribution in [0.5, 0.6) is 5.75 Å². The standard InChI is InChI=1S/C28H17BrCl2N2O4/c29-19-8-11-25(37-15-17-6-3-5-16-4-1-2-7-21(16)17)18(12-19)13-22-26(34)32-28(36)33(27(22)35)20-9-10-23(30)24(31)14-20/h1-14H,15H2,(H,32,34,36)/b22-13+. The van der Waals surface area contributed by atoms with E-state index in [4.69, 9.17) is 27.9 Å². The Kier molecular flexibility index (Phi) is 7.02. The highest BCUT2D eigenvalue weighted by atomic mass is 79.9. The summed E-state index contributed by atoms with van der Waals surface area (Å²) in [6.07, 6.45) is 1.40. The monoisotopic (exact) mass is 594 g/mol. The molecule has 5 rings (SSSR count). The summed E-state index contributed by atoms with van der Waals surface area (Å²) in [5.74, 6) is -1.15. The Morgan fingerprint density at radius 3 is 2.49 bits per heavy atom. The van der Waals surface area contributed by atoms with Gasteiger partial charge >= 0.3 is 6.03 Å². The van der Waals surface area contributed by atoms with Crippen molar-refractivity contribution in [3.05, 3.63) is 110 Å². The lowest BCUT2D eigenvalue weighted by Crippen LogP contribution is -2.54. The van der Waals surface area contributed by atoms with Crippen LogP contribution in [0.3, 0.4) is 0 Å². The average Bonchev–Trinajstić information content (AvgIpc) is 2.88. The predicted octanol–water partition coefficient (Wildman–Crippen LogP) is 7.15. The third-order valence-electron chi connectivity index (χ3n) is 5.80. The molecule has 1 heterocycles. The maximum absolute atomic E-state index is 13.3. The fourth-order valence-electron chi connectivity index (χ4n) is 4.01. The highest BCUT2D eigenvalue weighted by molar-refractivity contribution is 9.10. The second-order valence-corrected chi connectivity index (χ2v) is 9.90. The van der Waals surface area contributed by atoms with Gasteiger partial charge in [0.1, 0.15) is 17.9 Å². The van der Waals surface area contributed by atoms with Crippen molar-refractivity contribution < 1.29 is 19.1 Å². The second-order valence-electron chi connectivity index (χ2n) is 8.17.